The summed E-state index contributed by atoms with van der Waals surface area (Å²) in [4.78, 5) is 16.8. The predicted octanol–water partition coefficient (Wildman–Crippen LogP) is 3.56. The number of aryl methyl sites for hydroxylation is 1. The first-order valence-corrected chi connectivity index (χ1v) is 10.1. The molecule has 0 bridgehead atoms. The van der Waals surface area contributed by atoms with Crippen molar-refractivity contribution in [3.8, 4) is 5.75 Å². The molecule has 0 amide bonds. The van der Waals surface area contributed by atoms with Crippen LogP contribution in [-0.2, 0) is 6.54 Å². The molecule has 29 heavy (non-hydrogen) atoms. The summed E-state index contributed by atoms with van der Waals surface area (Å²) in [6.45, 7) is 9.89. The second-order valence-electron chi connectivity index (χ2n) is 7.50. The maximum absolute atomic E-state index is 12.0. The molecule has 0 atom stereocenters. The fourth-order valence-electron chi connectivity index (χ4n) is 3.87. The van der Waals surface area contributed by atoms with Crippen molar-refractivity contribution in [2.24, 2.45) is 0 Å². The summed E-state index contributed by atoms with van der Waals surface area (Å²) in [5, 5.41) is 14.1. The Morgan fingerprint density at radius 2 is 1.79 bits per heavy atom. The Bertz CT molecular complexity index is 1050. The van der Waals surface area contributed by atoms with Gasteiger partial charge in [0.1, 0.15) is 11.3 Å². The zero-order valence-corrected chi connectivity index (χ0v) is 16.9. The van der Waals surface area contributed by atoms with Gasteiger partial charge in [-0.25, -0.2) is 4.79 Å². The van der Waals surface area contributed by atoms with Crippen molar-refractivity contribution in [3.63, 3.8) is 0 Å². The maximum atomic E-state index is 12.0. The van der Waals surface area contributed by atoms with Gasteiger partial charge in [0.2, 0.25) is 0 Å². The fraction of sp³-hybridized carbons (Fsp3) is 0.348. The highest BCUT2D eigenvalue weighted by atomic mass is 16.4. The maximum Gasteiger partial charge on any atom is 0.336 e. The van der Waals surface area contributed by atoms with E-state index in [1.54, 1.807) is 19.1 Å². The topological polar surface area (TPSA) is 69.0 Å². The first-order valence-electron chi connectivity index (χ1n) is 10.1. The largest absolute Gasteiger partial charge is 0.508 e. The van der Waals surface area contributed by atoms with E-state index in [1.165, 1.54) is 11.8 Å². The number of aromatic hydroxyl groups is 1. The molecule has 0 unspecified atom stereocenters. The third-order valence-electron chi connectivity index (χ3n) is 5.75. The van der Waals surface area contributed by atoms with Crippen molar-refractivity contribution < 1.29 is 9.52 Å². The zero-order valence-electron chi connectivity index (χ0n) is 16.9. The van der Waals surface area contributed by atoms with Gasteiger partial charge in [0.15, 0.2) is 0 Å². The van der Waals surface area contributed by atoms with Crippen molar-refractivity contribution in [2.75, 3.05) is 42.9 Å². The van der Waals surface area contributed by atoms with Gasteiger partial charge < -0.3 is 24.6 Å². The Balaban J connectivity index is 1.47. The van der Waals surface area contributed by atoms with Crippen LogP contribution in [0.1, 0.15) is 18.1 Å². The van der Waals surface area contributed by atoms with Gasteiger partial charge in [-0.05, 0) is 55.4 Å². The zero-order chi connectivity index (χ0) is 20.4. The van der Waals surface area contributed by atoms with E-state index in [-0.39, 0.29) is 5.75 Å². The van der Waals surface area contributed by atoms with Crippen LogP contribution in [0.4, 0.5) is 11.4 Å². The highest BCUT2D eigenvalue weighted by molar-refractivity contribution is 5.85. The molecule has 1 aliphatic heterocycles. The summed E-state index contributed by atoms with van der Waals surface area (Å²) >= 11 is 0. The number of hydrogen-bond acceptors (Lipinski definition) is 6. The molecule has 152 valence electrons. The van der Waals surface area contributed by atoms with Crippen LogP contribution in [-0.4, -0.2) is 42.7 Å². The number of likely N-dealkylation sites (N-methyl/N-ethyl adjacent to an activating group) is 1. The van der Waals surface area contributed by atoms with E-state index in [4.69, 9.17) is 4.42 Å². The number of phenols is 1. The number of rotatable bonds is 5. The predicted molar refractivity (Wildman–Crippen MR) is 117 cm³/mol. The molecule has 0 spiro atoms. The van der Waals surface area contributed by atoms with Crippen molar-refractivity contribution in [2.45, 2.75) is 20.4 Å². The first-order chi connectivity index (χ1) is 14.0. The number of piperazine rings is 1. The minimum atomic E-state index is -0.412. The highest BCUT2D eigenvalue weighted by Crippen LogP contribution is 2.28. The molecule has 1 fully saturated rings. The van der Waals surface area contributed by atoms with Gasteiger partial charge in [-0.3, -0.25) is 0 Å². The summed E-state index contributed by atoms with van der Waals surface area (Å²) in [7, 11) is 0. The molecule has 4 rings (SSSR count). The van der Waals surface area contributed by atoms with E-state index in [9.17, 15) is 9.90 Å². The van der Waals surface area contributed by atoms with Crippen LogP contribution in [0.5, 0.6) is 5.75 Å². The van der Waals surface area contributed by atoms with E-state index < -0.39 is 5.63 Å². The molecule has 6 heteroatoms. The lowest BCUT2D eigenvalue weighted by molar-refractivity contribution is 0.271. The van der Waals surface area contributed by atoms with E-state index in [1.807, 2.05) is 0 Å². The van der Waals surface area contributed by atoms with Crippen LogP contribution in [0, 0.1) is 6.92 Å². The molecule has 2 heterocycles. The first kappa shape index (κ1) is 19.3. The van der Waals surface area contributed by atoms with Crippen molar-refractivity contribution in [1.82, 2.24) is 4.90 Å². The van der Waals surface area contributed by atoms with Gasteiger partial charge in [-0.2, -0.15) is 0 Å². The molecule has 1 aromatic heterocycles. The molecule has 1 aliphatic rings. The van der Waals surface area contributed by atoms with Crippen LogP contribution in [0.15, 0.2) is 51.7 Å². The Kier molecular flexibility index (Phi) is 5.45. The average molecular weight is 393 g/mol. The van der Waals surface area contributed by atoms with Crippen LogP contribution in [0.3, 0.4) is 0 Å². The molecule has 1 saturated heterocycles. The fourth-order valence-corrected chi connectivity index (χ4v) is 3.87. The third-order valence-corrected chi connectivity index (χ3v) is 5.75. The minimum Gasteiger partial charge on any atom is -0.508 e. The number of hydrogen-bond donors (Lipinski definition) is 2. The van der Waals surface area contributed by atoms with Crippen LogP contribution >= 0.6 is 0 Å². The summed E-state index contributed by atoms with van der Waals surface area (Å²) < 4.78 is 5.31. The minimum absolute atomic E-state index is 0.126. The summed E-state index contributed by atoms with van der Waals surface area (Å²) in [6, 6.07) is 13.4. The Labute approximate surface area is 170 Å². The molecular weight excluding hydrogens is 366 g/mol. The van der Waals surface area contributed by atoms with Crippen molar-refractivity contribution >= 4 is 22.3 Å². The number of nitrogens with one attached hydrogen (secondary N) is 1. The molecule has 0 radical (unpaired) electrons. The lowest BCUT2D eigenvalue weighted by Crippen LogP contribution is -2.46. The number of benzene rings is 2. The van der Waals surface area contributed by atoms with Crippen molar-refractivity contribution in [1.29, 1.82) is 0 Å². The SMILES string of the molecule is CCN1CCN(c2ccc(NCc3cc(=O)oc4c(C)c(O)ccc34)cc2)CC1. The number of anilines is 2. The quantitative estimate of drug-likeness (QED) is 0.646. The smallest absolute Gasteiger partial charge is 0.336 e. The lowest BCUT2D eigenvalue weighted by Gasteiger charge is -2.35. The van der Waals surface area contributed by atoms with Gasteiger partial charge in [0.05, 0.1) is 0 Å². The van der Waals surface area contributed by atoms with Crippen molar-refractivity contribution in [3.05, 3.63) is 64.0 Å². The molecule has 3 aromatic rings. The molecule has 0 aliphatic carbocycles. The molecule has 0 saturated carbocycles. The van der Waals surface area contributed by atoms with Crippen LogP contribution in [0.25, 0.3) is 11.0 Å². The number of nitrogens with zero attached hydrogens (tertiary/aromatic N) is 2. The second-order valence-corrected chi connectivity index (χ2v) is 7.50. The highest BCUT2D eigenvalue weighted by Gasteiger charge is 2.15. The van der Waals surface area contributed by atoms with Gasteiger partial charge in [0, 0.05) is 61.1 Å². The molecule has 2 aromatic carbocycles. The number of fused-ring (bicyclic) bond motifs is 1. The van der Waals surface area contributed by atoms with E-state index >= 15 is 0 Å². The monoisotopic (exact) mass is 393 g/mol. The van der Waals surface area contributed by atoms with Gasteiger partial charge >= 0.3 is 5.63 Å². The standard InChI is InChI=1S/C23H27N3O3/c1-3-25-10-12-26(13-11-25)19-6-4-18(5-7-19)24-15-17-14-22(28)29-23-16(2)21(27)9-8-20(17)23/h4-9,14,24,27H,3,10-13,15H2,1-2H3. The second kappa shape index (κ2) is 8.17. The third kappa shape index (κ3) is 4.07. The summed E-state index contributed by atoms with van der Waals surface area (Å²) in [5.41, 5.74) is 3.69. The summed E-state index contributed by atoms with van der Waals surface area (Å²) in [6.07, 6.45) is 0. The Morgan fingerprint density at radius 1 is 1.07 bits per heavy atom. The van der Waals surface area contributed by atoms with E-state index in [0.717, 1.165) is 49.4 Å². The Hall–Kier alpha value is -2.99. The van der Waals surface area contributed by atoms with Gasteiger partial charge in [-0.1, -0.05) is 6.92 Å². The van der Waals surface area contributed by atoms with E-state index in [0.29, 0.717) is 17.7 Å². The summed E-state index contributed by atoms with van der Waals surface area (Å²) in [5.74, 6) is 0.126. The lowest BCUT2D eigenvalue weighted by atomic mass is 10.1. The van der Waals surface area contributed by atoms with E-state index in [2.05, 4.69) is 46.3 Å². The Morgan fingerprint density at radius 3 is 2.48 bits per heavy atom. The molecule has 6 nitrogen and oxygen atoms in total. The van der Waals surface area contributed by atoms with Gasteiger partial charge in [0.25, 0.3) is 0 Å². The average Bonchev–Trinajstić information content (AvgIpc) is 2.75. The van der Waals surface area contributed by atoms with Crippen LogP contribution in [0.2, 0.25) is 0 Å². The molecular formula is C23H27N3O3. The van der Waals surface area contributed by atoms with Gasteiger partial charge in [-0.15, -0.1) is 0 Å². The normalized spacial score (nSPS) is 15.0. The molecule has 2 N–H and O–H groups in total. The van der Waals surface area contributed by atoms with Crippen LogP contribution < -0.4 is 15.8 Å². The number of phenolic OH excluding ortho intramolecular Hbond substituents is 1.